The molecular formula is C20H19FN2O2S. The number of methoxy groups -OCH3 is 1. The molecule has 1 aromatic heterocycles. The van der Waals surface area contributed by atoms with E-state index in [1.165, 1.54) is 23.9 Å². The third kappa shape index (κ3) is 3.17. The molecule has 134 valence electrons. The van der Waals surface area contributed by atoms with Gasteiger partial charge in [0.1, 0.15) is 0 Å². The number of fused-ring (bicyclic) bond motifs is 1. The summed E-state index contributed by atoms with van der Waals surface area (Å²) in [5.41, 5.74) is 1.36. The number of benzene rings is 2. The summed E-state index contributed by atoms with van der Waals surface area (Å²) in [5, 5.41) is 1.07. The average molecular weight is 370 g/mol. The molecule has 3 aromatic rings. The highest BCUT2D eigenvalue weighted by Gasteiger charge is 2.28. The zero-order valence-electron chi connectivity index (χ0n) is 14.4. The topological polar surface area (TPSA) is 42.4 Å². The molecule has 1 fully saturated rings. The van der Waals surface area contributed by atoms with Crippen molar-refractivity contribution in [2.24, 2.45) is 0 Å². The van der Waals surface area contributed by atoms with E-state index in [-0.39, 0.29) is 17.6 Å². The Kier molecular flexibility index (Phi) is 4.59. The molecule has 0 radical (unpaired) electrons. The van der Waals surface area contributed by atoms with Gasteiger partial charge in [0.25, 0.3) is 5.91 Å². The lowest BCUT2D eigenvalue weighted by Crippen LogP contribution is -2.39. The zero-order chi connectivity index (χ0) is 18.1. The van der Waals surface area contributed by atoms with Gasteiger partial charge in [0.05, 0.1) is 22.3 Å². The van der Waals surface area contributed by atoms with Crippen LogP contribution < -0.4 is 4.74 Å². The van der Waals surface area contributed by atoms with Crippen molar-refractivity contribution in [1.29, 1.82) is 0 Å². The first-order chi connectivity index (χ1) is 12.7. The SMILES string of the molecule is COc1ccc(C(=O)N2CCC[C@@H](c3nc4ccccc4s3)C2)cc1F. The number of piperidine rings is 1. The van der Waals surface area contributed by atoms with Crippen LogP contribution in [0.1, 0.15) is 34.1 Å². The normalized spacial score (nSPS) is 17.5. The minimum Gasteiger partial charge on any atom is -0.494 e. The second-order valence-electron chi connectivity index (χ2n) is 6.46. The van der Waals surface area contributed by atoms with Crippen molar-refractivity contribution in [3.05, 3.63) is 58.9 Å². The molecule has 0 bridgehead atoms. The van der Waals surface area contributed by atoms with E-state index in [0.717, 1.165) is 23.4 Å². The fraction of sp³-hybridized carbons (Fsp3) is 0.300. The van der Waals surface area contributed by atoms with Crippen LogP contribution in [0.3, 0.4) is 0 Å². The number of nitrogens with zero attached hydrogens (tertiary/aromatic N) is 2. The average Bonchev–Trinajstić information content (AvgIpc) is 3.12. The zero-order valence-corrected chi connectivity index (χ0v) is 15.3. The van der Waals surface area contributed by atoms with Gasteiger partial charge in [0, 0.05) is 24.6 Å². The van der Waals surface area contributed by atoms with E-state index in [9.17, 15) is 9.18 Å². The number of halogens is 1. The molecule has 0 N–H and O–H groups in total. The van der Waals surface area contributed by atoms with Crippen LogP contribution in [0.15, 0.2) is 42.5 Å². The second-order valence-corrected chi connectivity index (χ2v) is 7.52. The molecule has 26 heavy (non-hydrogen) atoms. The van der Waals surface area contributed by atoms with Crippen LogP contribution in [-0.4, -0.2) is 36.0 Å². The van der Waals surface area contributed by atoms with Crippen molar-refractivity contribution in [1.82, 2.24) is 9.88 Å². The van der Waals surface area contributed by atoms with Crippen molar-refractivity contribution >= 4 is 27.5 Å². The highest BCUT2D eigenvalue weighted by Crippen LogP contribution is 2.33. The van der Waals surface area contributed by atoms with Gasteiger partial charge in [-0.2, -0.15) is 0 Å². The predicted octanol–water partition coefficient (Wildman–Crippen LogP) is 4.46. The highest BCUT2D eigenvalue weighted by atomic mass is 32.1. The minimum atomic E-state index is -0.516. The van der Waals surface area contributed by atoms with E-state index in [2.05, 4.69) is 6.07 Å². The van der Waals surface area contributed by atoms with Gasteiger partial charge in [-0.15, -0.1) is 11.3 Å². The summed E-state index contributed by atoms with van der Waals surface area (Å²) in [6, 6.07) is 12.5. The van der Waals surface area contributed by atoms with Gasteiger partial charge in [0.15, 0.2) is 11.6 Å². The number of carbonyl (C=O) groups is 1. The molecule has 2 heterocycles. The van der Waals surface area contributed by atoms with E-state index < -0.39 is 5.82 Å². The Balaban J connectivity index is 1.54. The molecule has 1 aliphatic heterocycles. The fourth-order valence-electron chi connectivity index (χ4n) is 3.41. The standard InChI is InChI=1S/C20H19FN2O2S/c1-25-17-9-8-13(11-15(17)21)20(24)23-10-4-5-14(12-23)19-22-16-6-2-3-7-18(16)26-19/h2-3,6-9,11,14H,4-5,10,12H2,1H3/t14-/m1/s1. The van der Waals surface area contributed by atoms with Crippen LogP contribution in [0.4, 0.5) is 4.39 Å². The molecule has 1 amide bonds. The van der Waals surface area contributed by atoms with Crippen molar-refractivity contribution < 1.29 is 13.9 Å². The van der Waals surface area contributed by atoms with Gasteiger partial charge in [-0.3, -0.25) is 4.79 Å². The lowest BCUT2D eigenvalue weighted by molar-refractivity contribution is 0.0706. The smallest absolute Gasteiger partial charge is 0.253 e. The summed E-state index contributed by atoms with van der Waals surface area (Å²) < 4.78 is 20.0. The quantitative estimate of drug-likeness (QED) is 0.683. The second kappa shape index (κ2) is 7.03. The van der Waals surface area contributed by atoms with Gasteiger partial charge < -0.3 is 9.64 Å². The number of hydrogen-bond acceptors (Lipinski definition) is 4. The third-order valence-electron chi connectivity index (χ3n) is 4.77. The summed E-state index contributed by atoms with van der Waals surface area (Å²) in [4.78, 5) is 19.4. The maximum atomic E-state index is 13.9. The fourth-order valence-corrected chi connectivity index (χ4v) is 4.50. The summed E-state index contributed by atoms with van der Waals surface area (Å²) in [6.07, 6.45) is 1.94. The minimum absolute atomic E-state index is 0.141. The van der Waals surface area contributed by atoms with Gasteiger partial charge in [0.2, 0.25) is 0 Å². The Morgan fingerprint density at radius 2 is 2.15 bits per heavy atom. The van der Waals surface area contributed by atoms with Crippen LogP contribution >= 0.6 is 11.3 Å². The highest BCUT2D eigenvalue weighted by molar-refractivity contribution is 7.18. The number of para-hydroxylation sites is 1. The summed E-state index contributed by atoms with van der Waals surface area (Å²) in [6.45, 7) is 1.31. The molecule has 4 nitrogen and oxygen atoms in total. The Morgan fingerprint density at radius 3 is 2.92 bits per heavy atom. The summed E-state index contributed by atoms with van der Waals surface area (Å²) in [7, 11) is 1.41. The van der Waals surface area contributed by atoms with Crippen LogP contribution in [0, 0.1) is 5.82 Å². The molecule has 1 saturated heterocycles. The first-order valence-electron chi connectivity index (χ1n) is 8.64. The molecular weight excluding hydrogens is 351 g/mol. The lowest BCUT2D eigenvalue weighted by Gasteiger charge is -2.32. The molecule has 1 aliphatic rings. The van der Waals surface area contributed by atoms with Crippen molar-refractivity contribution in [2.75, 3.05) is 20.2 Å². The molecule has 4 rings (SSSR count). The Labute approximate surface area is 155 Å². The van der Waals surface area contributed by atoms with Crippen LogP contribution in [0.5, 0.6) is 5.75 Å². The number of thiazole rings is 1. The Bertz CT molecular complexity index is 923. The molecule has 2 aromatic carbocycles. The van der Waals surface area contributed by atoms with Crippen LogP contribution in [0.2, 0.25) is 0 Å². The molecule has 0 unspecified atom stereocenters. The number of amides is 1. The number of aromatic nitrogens is 1. The first kappa shape index (κ1) is 17.0. The monoisotopic (exact) mass is 370 g/mol. The van der Waals surface area contributed by atoms with Gasteiger partial charge in [-0.25, -0.2) is 9.37 Å². The molecule has 6 heteroatoms. The van der Waals surface area contributed by atoms with E-state index in [1.807, 2.05) is 23.1 Å². The summed E-state index contributed by atoms with van der Waals surface area (Å²) >= 11 is 1.70. The summed E-state index contributed by atoms with van der Waals surface area (Å²) in [5.74, 6) is -0.281. The van der Waals surface area contributed by atoms with Gasteiger partial charge in [-0.05, 0) is 43.2 Å². The Morgan fingerprint density at radius 1 is 1.31 bits per heavy atom. The van der Waals surface area contributed by atoms with Gasteiger partial charge in [-0.1, -0.05) is 12.1 Å². The van der Waals surface area contributed by atoms with Crippen molar-refractivity contribution in [2.45, 2.75) is 18.8 Å². The van der Waals surface area contributed by atoms with E-state index in [1.54, 1.807) is 17.4 Å². The van der Waals surface area contributed by atoms with Gasteiger partial charge >= 0.3 is 0 Å². The molecule has 1 atom stereocenters. The molecule has 0 aliphatic carbocycles. The lowest BCUT2D eigenvalue weighted by atomic mass is 9.98. The molecule has 0 spiro atoms. The van der Waals surface area contributed by atoms with Crippen LogP contribution in [0.25, 0.3) is 10.2 Å². The number of likely N-dealkylation sites (tertiary alicyclic amines) is 1. The first-order valence-corrected chi connectivity index (χ1v) is 9.45. The van der Waals surface area contributed by atoms with Crippen molar-refractivity contribution in [3.63, 3.8) is 0 Å². The van der Waals surface area contributed by atoms with E-state index >= 15 is 0 Å². The largest absolute Gasteiger partial charge is 0.494 e. The molecule has 0 saturated carbocycles. The van der Waals surface area contributed by atoms with Crippen molar-refractivity contribution in [3.8, 4) is 5.75 Å². The van der Waals surface area contributed by atoms with E-state index in [0.29, 0.717) is 18.7 Å². The maximum absolute atomic E-state index is 13.9. The van der Waals surface area contributed by atoms with E-state index in [4.69, 9.17) is 9.72 Å². The Hall–Kier alpha value is -2.47. The number of rotatable bonds is 3. The van der Waals surface area contributed by atoms with Crippen LogP contribution in [-0.2, 0) is 0 Å². The number of hydrogen-bond donors (Lipinski definition) is 0. The number of carbonyl (C=O) groups excluding carboxylic acids is 1. The number of ether oxygens (including phenoxy) is 1. The predicted molar refractivity (Wildman–Crippen MR) is 100 cm³/mol. The third-order valence-corrected chi connectivity index (χ3v) is 5.97. The maximum Gasteiger partial charge on any atom is 0.253 e.